The molecule has 0 bridgehead atoms. The highest BCUT2D eigenvalue weighted by Crippen LogP contribution is 2.38. The summed E-state index contributed by atoms with van der Waals surface area (Å²) in [6.45, 7) is 0.516. The van der Waals surface area contributed by atoms with Crippen LogP contribution in [-0.2, 0) is 4.79 Å². The van der Waals surface area contributed by atoms with E-state index in [4.69, 9.17) is 11.6 Å². The van der Waals surface area contributed by atoms with E-state index in [-0.39, 0.29) is 11.3 Å². The molecule has 0 aromatic carbocycles. The van der Waals surface area contributed by atoms with E-state index in [9.17, 15) is 4.79 Å². The van der Waals surface area contributed by atoms with Crippen molar-refractivity contribution in [1.29, 1.82) is 0 Å². The average Bonchev–Trinajstić information content (AvgIpc) is 2.83. The van der Waals surface area contributed by atoms with Crippen LogP contribution in [0.2, 0.25) is 0 Å². The molecule has 1 aliphatic carbocycles. The molecule has 1 atom stereocenters. The highest BCUT2D eigenvalue weighted by molar-refractivity contribution is 6.24. The minimum Gasteiger partial charge on any atom is -0.278 e. The van der Waals surface area contributed by atoms with Crippen molar-refractivity contribution in [3.8, 4) is 0 Å². The first-order valence-electron chi connectivity index (χ1n) is 5.11. The third-order valence-corrected chi connectivity index (χ3v) is 3.07. The predicted molar refractivity (Wildman–Crippen MR) is 55.0 cm³/mol. The summed E-state index contributed by atoms with van der Waals surface area (Å²) in [4.78, 5) is 17.4. The maximum atomic E-state index is 11.5. The zero-order valence-electron chi connectivity index (χ0n) is 8.11. The topological polar surface area (TPSA) is 61.9 Å². The summed E-state index contributed by atoms with van der Waals surface area (Å²) >= 11 is 5.91. The summed E-state index contributed by atoms with van der Waals surface area (Å²) in [6.07, 6.45) is 2.72. The Balaban J connectivity index is 1.82. The number of amides is 1. The molecule has 15 heavy (non-hydrogen) atoms. The first-order valence-corrected chi connectivity index (χ1v) is 5.54. The molecule has 80 valence electrons. The van der Waals surface area contributed by atoms with Crippen LogP contribution >= 0.6 is 11.6 Å². The number of anilines is 1. The number of carbonyl (C=O) groups is 1. The Morgan fingerprint density at radius 3 is 2.87 bits per heavy atom. The van der Waals surface area contributed by atoms with Crippen molar-refractivity contribution in [1.82, 2.24) is 15.2 Å². The molecule has 2 heterocycles. The SMILES string of the molecule is O=C1CC(Cl)CN1c1n[nH]c(C2CC2)n1. The van der Waals surface area contributed by atoms with Crippen LogP contribution in [-0.4, -0.2) is 33.0 Å². The van der Waals surface area contributed by atoms with Crippen molar-refractivity contribution >= 4 is 23.5 Å². The number of alkyl halides is 1. The van der Waals surface area contributed by atoms with Gasteiger partial charge in [-0.05, 0) is 12.8 Å². The lowest BCUT2D eigenvalue weighted by Gasteiger charge is -2.09. The molecule has 1 unspecified atom stereocenters. The first-order chi connectivity index (χ1) is 7.24. The quantitative estimate of drug-likeness (QED) is 0.766. The number of nitrogens with zero attached hydrogens (tertiary/aromatic N) is 3. The third kappa shape index (κ3) is 1.61. The van der Waals surface area contributed by atoms with Gasteiger partial charge in [0.05, 0.1) is 5.38 Å². The van der Waals surface area contributed by atoms with Gasteiger partial charge in [0.2, 0.25) is 5.91 Å². The molecule has 6 heteroatoms. The minimum absolute atomic E-state index is 0.0105. The number of hydrogen-bond acceptors (Lipinski definition) is 3. The van der Waals surface area contributed by atoms with Crippen LogP contribution in [0.5, 0.6) is 0 Å². The van der Waals surface area contributed by atoms with E-state index in [0.29, 0.717) is 24.8 Å². The van der Waals surface area contributed by atoms with Gasteiger partial charge in [-0.1, -0.05) is 0 Å². The average molecular weight is 227 g/mol. The van der Waals surface area contributed by atoms with Gasteiger partial charge >= 0.3 is 0 Å². The van der Waals surface area contributed by atoms with Crippen LogP contribution < -0.4 is 4.90 Å². The second-order valence-electron chi connectivity index (χ2n) is 4.10. The Bertz CT molecular complexity index is 401. The standard InChI is InChI=1S/C9H11ClN4O/c10-6-3-7(15)14(4-6)9-11-8(12-13-9)5-1-2-5/h5-6H,1-4H2,(H,11,12,13). The van der Waals surface area contributed by atoms with Gasteiger partial charge in [0, 0.05) is 18.9 Å². The van der Waals surface area contributed by atoms with Crippen LogP contribution in [0.25, 0.3) is 0 Å². The monoisotopic (exact) mass is 226 g/mol. The molecular weight excluding hydrogens is 216 g/mol. The van der Waals surface area contributed by atoms with Crippen LogP contribution in [0.3, 0.4) is 0 Å². The summed E-state index contributed by atoms with van der Waals surface area (Å²) in [5.74, 6) is 1.91. The molecule has 1 aliphatic heterocycles. The zero-order chi connectivity index (χ0) is 10.4. The normalized spacial score (nSPS) is 26.3. The lowest BCUT2D eigenvalue weighted by Crippen LogP contribution is -2.25. The van der Waals surface area contributed by atoms with Crippen molar-refractivity contribution in [3.05, 3.63) is 5.82 Å². The van der Waals surface area contributed by atoms with Gasteiger partial charge in [-0.3, -0.25) is 14.8 Å². The van der Waals surface area contributed by atoms with Crippen LogP contribution in [0.1, 0.15) is 31.0 Å². The summed E-state index contributed by atoms with van der Waals surface area (Å²) in [7, 11) is 0. The summed E-state index contributed by atoms with van der Waals surface area (Å²) in [5, 5.41) is 6.83. The fraction of sp³-hybridized carbons (Fsp3) is 0.667. The van der Waals surface area contributed by atoms with Gasteiger partial charge in [-0.15, -0.1) is 16.7 Å². The Morgan fingerprint density at radius 2 is 2.27 bits per heavy atom. The maximum Gasteiger partial charge on any atom is 0.251 e. The van der Waals surface area contributed by atoms with Gasteiger partial charge in [0.1, 0.15) is 5.82 Å². The second-order valence-corrected chi connectivity index (χ2v) is 4.72. The Hall–Kier alpha value is -1.10. The number of halogens is 1. The van der Waals surface area contributed by atoms with E-state index in [1.807, 2.05) is 0 Å². The van der Waals surface area contributed by atoms with Crippen molar-refractivity contribution in [2.45, 2.75) is 30.6 Å². The maximum absolute atomic E-state index is 11.5. The van der Waals surface area contributed by atoms with Crippen molar-refractivity contribution in [2.75, 3.05) is 11.4 Å². The highest BCUT2D eigenvalue weighted by Gasteiger charge is 2.33. The third-order valence-electron chi connectivity index (χ3n) is 2.77. The lowest BCUT2D eigenvalue weighted by atomic mass is 10.4. The lowest BCUT2D eigenvalue weighted by molar-refractivity contribution is -0.117. The molecule has 1 amide bonds. The van der Waals surface area contributed by atoms with Gasteiger partial charge in [-0.25, -0.2) is 0 Å². The van der Waals surface area contributed by atoms with E-state index in [2.05, 4.69) is 15.2 Å². The summed E-state index contributed by atoms with van der Waals surface area (Å²) < 4.78 is 0. The first kappa shape index (κ1) is 9.15. The van der Waals surface area contributed by atoms with E-state index in [0.717, 1.165) is 5.82 Å². The molecule has 1 saturated carbocycles. The molecule has 3 rings (SSSR count). The summed E-state index contributed by atoms with van der Waals surface area (Å²) in [6, 6.07) is 0. The molecule has 1 aromatic heterocycles. The number of aromatic nitrogens is 3. The summed E-state index contributed by atoms with van der Waals surface area (Å²) in [5.41, 5.74) is 0. The van der Waals surface area contributed by atoms with Crippen molar-refractivity contribution < 1.29 is 4.79 Å². The molecule has 1 saturated heterocycles. The van der Waals surface area contributed by atoms with E-state index >= 15 is 0 Å². The van der Waals surface area contributed by atoms with Gasteiger partial charge in [-0.2, -0.15) is 4.98 Å². The molecular formula is C9H11ClN4O. The smallest absolute Gasteiger partial charge is 0.251 e. The number of H-pyrrole nitrogens is 1. The molecule has 0 spiro atoms. The zero-order valence-corrected chi connectivity index (χ0v) is 8.87. The number of carbonyl (C=O) groups excluding carboxylic acids is 1. The van der Waals surface area contributed by atoms with Crippen LogP contribution in [0.15, 0.2) is 0 Å². The Labute approximate surface area is 91.8 Å². The van der Waals surface area contributed by atoms with Crippen molar-refractivity contribution in [3.63, 3.8) is 0 Å². The molecule has 1 aromatic rings. The number of rotatable bonds is 2. The number of nitrogens with one attached hydrogen (secondary N) is 1. The molecule has 1 N–H and O–H groups in total. The number of hydrogen-bond donors (Lipinski definition) is 1. The van der Waals surface area contributed by atoms with Crippen LogP contribution in [0, 0.1) is 0 Å². The minimum atomic E-state index is -0.111. The molecule has 2 aliphatic rings. The predicted octanol–water partition coefficient (Wildman–Crippen LogP) is 1.03. The van der Waals surface area contributed by atoms with Gasteiger partial charge in [0.15, 0.2) is 0 Å². The highest BCUT2D eigenvalue weighted by atomic mass is 35.5. The van der Waals surface area contributed by atoms with E-state index in [1.54, 1.807) is 4.90 Å². The van der Waals surface area contributed by atoms with Gasteiger partial charge < -0.3 is 0 Å². The van der Waals surface area contributed by atoms with Crippen molar-refractivity contribution in [2.24, 2.45) is 0 Å². The fourth-order valence-corrected chi connectivity index (χ4v) is 2.05. The van der Waals surface area contributed by atoms with Gasteiger partial charge in [0.25, 0.3) is 5.95 Å². The molecule has 5 nitrogen and oxygen atoms in total. The van der Waals surface area contributed by atoms with E-state index < -0.39 is 0 Å². The molecule has 0 radical (unpaired) electrons. The van der Waals surface area contributed by atoms with E-state index in [1.165, 1.54) is 12.8 Å². The Kier molecular flexibility index (Phi) is 1.95. The molecule has 2 fully saturated rings. The Morgan fingerprint density at radius 1 is 1.47 bits per heavy atom. The largest absolute Gasteiger partial charge is 0.278 e. The van der Waals surface area contributed by atoms with Crippen LogP contribution in [0.4, 0.5) is 5.95 Å². The second kappa shape index (κ2) is 3.20. The fourth-order valence-electron chi connectivity index (χ4n) is 1.78. The number of aromatic amines is 1.